The lowest BCUT2D eigenvalue weighted by Gasteiger charge is -2.35. The molecule has 2 aromatic rings. The number of unbranched alkanes of at least 4 members (excludes halogenated alkanes) is 3. The molecule has 2 aromatic carbocycles. The van der Waals surface area contributed by atoms with Crippen LogP contribution in [0.2, 0.25) is 0 Å². The Balaban J connectivity index is 1.38. The van der Waals surface area contributed by atoms with Crippen LogP contribution in [0.3, 0.4) is 0 Å². The van der Waals surface area contributed by atoms with Gasteiger partial charge in [-0.1, -0.05) is 55.3 Å². The molecule has 220 valence electrons. The lowest BCUT2D eigenvalue weighted by atomic mass is 9.78. The van der Waals surface area contributed by atoms with E-state index >= 15 is 0 Å². The van der Waals surface area contributed by atoms with Crippen LogP contribution in [0.5, 0.6) is 5.75 Å². The summed E-state index contributed by atoms with van der Waals surface area (Å²) < 4.78 is 4.47. The predicted molar refractivity (Wildman–Crippen MR) is 165 cm³/mol. The Morgan fingerprint density at radius 2 is 1.55 bits per heavy atom. The average Bonchev–Trinajstić information content (AvgIpc) is 3.32. The zero-order valence-corrected chi connectivity index (χ0v) is 24.6. The van der Waals surface area contributed by atoms with E-state index in [-0.39, 0.29) is 29.6 Å². The number of methoxy groups -OCH3 is 1. The highest BCUT2D eigenvalue weighted by atomic mass is 32.2. The van der Waals surface area contributed by atoms with E-state index in [0.29, 0.717) is 31.8 Å². The number of carbonyl (C=O) groups excluding carboxylic acids is 3. The Morgan fingerprint density at radius 1 is 0.857 bits per heavy atom. The number of rotatable bonds is 9. The third-order valence-corrected chi connectivity index (χ3v) is 10.7. The largest absolute Gasteiger partial charge is 0.497 e. The van der Waals surface area contributed by atoms with E-state index in [1.165, 1.54) is 0 Å². The number of likely N-dealkylation sites (tertiary alicyclic amines) is 1. The van der Waals surface area contributed by atoms with Crippen molar-refractivity contribution in [2.45, 2.75) is 41.7 Å². The maximum absolute atomic E-state index is 14.6. The van der Waals surface area contributed by atoms with Crippen molar-refractivity contribution < 1.29 is 24.2 Å². The van der Waals surface area contributed by atoms with Crippen molar-refractivity contribution in [2.24, 2.45) is 11.8 Å². The molecule has 2 fully saturated rings. The molecule has 1 spiro atoms. The molecule has 1 N–H and O–H groups in total. The third kappa shape index (κ3) is 4.82. The van der Waals surface area contributed by atoms with Crippen molar-refractivity contribution in [3.63, 3.8) is 0 Å². The number of carbonyl (C=O) groups is 3. The fraction of sp³-hybridized carbons (Fsp3) is 0.424. The number of benzene rings is 2. The van der Waals surface area contributed by atoms with Crippen molar-refractivity contribution >= 4 is 40.9 Å². The summed E-state index contributed by atoms with van der Waals surface area (Å²) >= 11 is 1.60. The van der Waals surface area contributed by atoms with Gasteiger partial charge in [0, 0.05) is 42.9 Å². The van der Waals surface area contributed by atoms with Crippen LogP contribution in [0.1, 0.15) is 25.7 Å². The van der Waals surface area contributed by atoms with Gasteiger partial charge in [0.15, 0.2) is 0 Å². The molecule has 0 saturated carbocycles. The monoisotopic (exact) mass is 587 g/mol. The van der Waals surface area contributed by atoms with E-state index in [2.05, 4.69) is 12.2 Å². The van der Waals surface area contributed by atoms with Gasteiger partial charge >= 0.3 is 0 Å². The molecule has 3 amide bonds. The molecule has 6 rings (SSSR count). The lowest BCUT2D eigenvalue weighted by Crippen LogP contribution is -2.53. The first-order valence-corrected chi connectivity index (χ1v) is 15.6. The maximum Gasteiger partial charge on any atom is 0.251 e. The number of amides is 3. The van der Waals surface area contributed by atoms with Crippen molar-refractivity contribution in [1.82, 2.24) is 4.90 Å². The van der Waals surface area contributed by atoms with Crippen molar-refractivity contribution in [3.05, 3.63) is 78.9 Å². The van der Waals surface area contributed by atoms with Crippen LogP contribution >= 0.6 is 11.8 Å². The number of nitrogens with zero attached hydrogens (tertiary/aromatic N) is 3. The molecule has 0 bridgehead atoms. The molecule has 4 aliphatic rings. The molecule has 9 heteroatoms. The summed E-state index contributed by atoms with van der Waals surface area (Å²) in [7, 11) is 1.61. The van der Waals surface area contributed by atoms with Gasteiger partial charge in [0.2, 0.25) is 11.8 Å². The van der Waals surface area contributed by atoms with Crippen LogP contribution in [-0.2, 0) is 14.4 Å². The third-order valence-electron chi connectivity index (χ3n) is 8.92. The zero-order chi connectivity index (χ0) is 29.3. The average molecular weight is 588 g/mol. The molecule has 5 atom stereocenters. The molecular weight excluding hydrogens is 550 g/mol. The van der Waals surface area contributed by atoms with Crippen molar-refractivity contribution in [1.29, 1.82) is 0 Å². The summed E-state index contributed by atoms with van der Waals surface area (Å²) in [5, 5.41) is 9.00. The van der Waals surface area contributed by atoms with Crippen LogP contribution in [0, 0.1) is 11.8 Å². The quantitative estimate of drug-likeness (QED) is 0.352. The summed E-state index contributed by atoms with van der Waals surface area (Å²) in [6.45, 7) is 1.41. The minimum atomic E-state index is -0.852. The summed E-state index contributed by atoms with van der Waals surface area (Å²) in [5.41, 5.74) is 1.55. The Bertz CT molecular complexity index is 1380. The molecule has 2 saturated heterocycles. The molecular formula is C33H37N3O5S. The highest BCUT2D eigenvalue weighted by Crippen LogP contribution is 2.61. The van der Waals surface area contributed by atoms with Crippen LogP contribution in [0.4, 0.5) is 11.4 Å². The number of para-hydroxylation sites is 1. The van der Waals surface area contributed by atoms with Gasteiger partial charge in [-0.3, -0.25) is 14.4 Å². The first-order chi connectivity index (χ1) is 20.5. The van der Waals surface area contributed by atoms with Crippen molar-refractivity contribution in [2.75, 3.05) is 43.2 Å². The van der Waals surface area contributed by atoms with Crippen molar-refractivity contribution in [3.8, 4) is 5.75 Å². The van der Waals surface area contributed by atoms with Crippen LogP contribution in [-0.4, -0.2) is 77.1 Å². The fourth-order valence-electron chi connectivity index (χ4n) is 6.96. The summed E-state index contributed by atoms with van der Waals surface area (Å²) in [4.78, 5) is 48.6. The van der Waals surface area contributed by atoms with Gasteiger partial charge in [-0.05, 0) is 49.2 Å². The second kappa shape index (κ2) is 12.0. The summed E-state index contributed by atoms with van der Waals surface area (Å²) in [6, 6.07) is 16.3. The van der Waals surface area contributed by atoms with Gasteiger partial charge in [-0.2, -0.15) is 0 Å². The minimum absolute atomic E-state index is 0.0698. The second-order valence-corrected chi connectivity index (χ2v) is 12.8. The van der Waals surface area contributed by atoms with Gasteiger partial charge in [0.1, 0.15) is 11.8 Å². The van der Waals surface area contributed by atoms with Gasteiger partial charge < -0.3 is 24.5 Å². The van der Waals surface area contributed by atoms with Crippen LogP contribution in [0.25, 0.3) is 0 Å². The van der Waals surface area contributed by atoms with E-state index in [9.17, 15) is 19.5 Å². The van der Waals surface area contributed by atoms with E-state index in [1.807, 2.05) is 66.7 Å². The van der Waals surface area contributed by atoms with Crippen LogP contribution < -0.4 is 14.5 Å². The number of aliphatic hydroxyl groups is 1. The number of fused-ring (bicyclic) bond motifs is 2. The van der Waals surface area contributed by atoms with E-state index in [4.69, 9.17) is 4.74 Å². The summed E-state index contributed by atoms with van der Waals surface area (Å²) in [6.07, 6.45) is 11.3. The fourth-order valence-corrected chi connectivity index (χ4v) is 8.97. The van der Waals surface area contributed by atoms with Gasteiger partial charge in [-0.15, -0.1) is 11.8 Å². The Morgan fingerprint density at radius 3 is 2.29 bits per heavy atom. The smallest absolute Gasteiger partial charge is 0.251 e. The number of ether oxygens (including phenoxy) is 1. The highest BCUT2D eigenvalue weighted by Gasteiger charge is 2.71. The second-order valence-electron chi connectivity index (χ2n) is 11.3. The minimum Gasteiger partial charge on any atom is -0.497 e. The molecule has 4 heterocycles. The van der Waals surface area contributed by atoms with Gasteiger partial charge in [0.25, 0.3) is 5.91 Å². The summed E-state index contributed by atoms with van der Waals surface area (Å²) in [5.74, 6) is -0.834. The molecule has 42 heavy (non-hydrogen) atoms. The number of thioether (sulfide) groups is 1. The normalized spacial score (nSPS) is 28.4. The SMILES string of the molecule is COc1ccc(N2CC=C[C@]34S[C@@H]5C=CCN(c6ccccc6)C(=O)[C@@H]5[C@H]3C(=O)N(CCCCCCO)C4C2=O)cc1. The maximum atomic E-state index is 14.6. The predicted octanol–water partition coefficient (Wildman–Crippen LogP) is 4.05. The molecule has 8 nitrogen and oxygen atoms in total. The van der Waals surface area contributed by atoms with E-state index in [1.54, 1.807) is 33.6 Å². The first-order valence-electron chi connectivity index (χ1n) is 14.8. The Hall–Kier alpha value is -3.56. The standard InChI is InChI=1S/C33H37N3O5S/c1-41-25-16-14-24(15-17-25)35-21-10-18-33-28(31(39)36(29(33)32(35)40)19-7-2-3-8-22-37)27-26(42-33)13-9-20-34(30(27)38)23-11-5-4-6-12-23/h4-6,9-18,26-29,37H,2-3,7-8,19-22H2,1H3/t26-,27+,28+,29?,33+/m1/s1. The molecule has 0 aliphatic carbocycles. The number of hydrogen-bond donors (Lipinski definition) is 1. The number of anilines is 2. The molecule has 0 aromatic heterocycles. The molecule has 1 unspecified atom stereocenters. The Labute approximate surface area is 251 Å². The number of hydrogen-bond acceptors (Lipinski definition) is 6. The lowest BCUT2D eigenvalue weighted by molar-refractivity contribution is -0.138. The Kier molecular flexibility index (Phi) is 8.14. The highest BCUT2D eigenvalue weighted by molar-refractivity contribution is 8.02. The van der Waals surface area contributed by atoms with Crippen LogP contribution in [0.15, 0.2) is 78.9 Å². The number of aliphatic hydroxyl groups excluding tert-OH is 1. The molecule has 0 radical (unpaired) electrons. The molecule has 4 aliphatic heterocycles. The van der Waals surface area contributed by atoms with E-state index < -0.39 is 22.6 Å². The topological polar surface area (TPSA) is 90.4 Å². The van der Waals surface area contributed by atoms with Gasteiger partial charge in [0.05, 0.1) is 23.7 Å². The first kappa shape index (κ1) is 28.6. The zero-order valence-electron chi connectivity index (χ0n) is 23.8. The van der Waals surface area contributed by atoms with Gasteiger partial charge in [-0.25, -0.2) is 0 Å². The van der Waals surface area contributed by atoms with E-state index in [0.717, 1.165) is 30.6 Å².